The van der Waals surface area contributed by atoms with Crippen LogP contribution in [0.4, 0.5) is 0 Å². The van der Waals surface area contributed by atoms with Gasteiger partial charge in [0.2, 0.25) is 0 Å². The maximum Gasteiger partial charge on any atom is 0.164 e. The molecule has 6 nitrogen and oxygen atoms in total. The predicted molar refractivity (Wildman–Crippen MR) is 193 cm³/mol. The molecule has 0 unspecified atom stereocenters. The van der Waals surface area contributed by atoms with Crippen LogP contribution < -0.4 is 0 Å². The molecule has 4 heterocycles. The van der Waals surface area contributed by atoms with Gasteiger partial charge in [-0.25, -0.2) is 19.9 Å². The number of nitrogens with zero attached hydrogens (tertiary/aromatic N) is 5. The van der Waals surface area contributed by atoms with Crippen molar-refractivity contribution >= 4 is 54.5 Å². The van der Waals surface area contributed by atoms with E-state index in [2.05, 4.69) is 71.3 Å². The highest BCUT2D eigenvalue weighted by atomic mass is 16.3. The first kappa shape index (κ1) is 26.5. The molecule has 0 aliphatic rings. The van der Waals surface area contributed by atoms with Crippen molar-refractivity contribution in [1.29, 1.82) is 0 Å². The Kier molecular flexibility index (Phi) is 5.77. The van der Waals surface area contributed by atoms with E-state index in [1.54, 1.807) is 0 Å². The number of fused-ring (bicyclic) bond motifs is 9. The van der Waals surface area contributed by atoms with Gasteiger partial charge in [-0.1, -0.05) is 109 Å². The van der Waals surface area contributed by atoms with E-state index in [1.807, 2.05) is 85.1 Å². The van der Waals surface area contributed by atoms with Gasteiger partial charge in [-0.15, -0.1) is 0 Å². The zero-order valence-corrected chi connectivity index (χ0v) is 25.6. The van der Waals surface area contributed by atoms with Gasteiger partial charge in [0.1, 0.15) is 17.0 Å². The molecule has 0 fully saturated rings. The highest BCUT2D eigenvalue weighted by molar-refractivity contribution is 6.29. The first-order valence-corrected chi connectivity index (χ1v) is 15.9. The molecule has 0 atom stereocenters. The number of para-hydroxylation sites is 2. The minimum atomic E-state index is 0.585. The summed E-state index contributed by atoms with van der Waals surface area (Å²) in [5.41, 5.74) is 6.60. The van der Waals surface area contributed by atoms with Gasteiger partial charge in [-0.05, 0) is 41.8 Å². The summed E-state index contributed by atoms with van der Waals surface area (Å²) in [6.45, 7) is 0. The third-order valence-corrected chi connectivity index (χ3v) is 9.09. The van der Waals surface area contributed by atoms with Gasteiger partial charge in [-0.2, -0.15) is 0 Å². The van der Waals surface area contributed by atoms with E-state index in [1.165, 1.54) is 0 Å². The molecule has 4 aromatic heterocycles. The molecule has 0 N–H and O–H groups in total. The molecule has 0 aliphatic carbocycles. The third-order valence-electron chi connectivity index (χ3n) is 9.09. The Morgan fingerprint density at radius 2 is 1.08 bits per heavy atom. The molecule has 0 saturated heterocycles. The van der Waals surface area contributed by atoms with Crippen molar-refractivity contribution < 1.29 is 4.42 Å². The van der Waals surface area contributed by atoms with Crippen LogP contribution in [0.25, 0.3) is 94.5 Å². The average molecular weight is 616 g/mol. The highest BCUT2D eigenvalue weighted by Gasteiger charge is 2.20. The molecule has 6 heteroatoms. The number of pyridine rings is 1. The summed E-state index contributed by atoms with van der Waals surface area (Å²) >= 11 is 0. The summed E-state index contributed by atoms with van der Waals surface area (Å²) < 4.78 is 8.79. The van der Waals surface area contributed by atoms with E-state index in [0.29, 0.717) is 17.5 Å². The first-order valence-electron chi connectivity index (χ1n) is 15.9. The fraction of sp³-hybridized carbons (Fsp3) is 0. The van der Waals surface area contributed by atoms with Crippen LogP contribution in [0.5, 0.6) is 0 Å². The highest BCUT2D eigenvalue weighted by Crippen LogP contribution is 2.42. The quantitative estimate of drug-likeness (QED) is 0.197. The minimum Gasteiger partial charge on any atom is -0.455 e. The second-order valence-corrected chi connectivity index (χ2v) is 11.9. The predicted octanol–water partition coefficient (Wildman–Crippen LogP) is 10.4. The Balaban J connectivity index is 1.22. The molecular weight excluding hydrogens is 590 g/mol. The van der Waals surface area contributed by atoms with Crippen LogP contribution in [-0.2, 0) is 0 Å². The number of rotatable bonds is 4. The van der Waals surface area contributed by atoms with Gasteiger partial charge in [-0.3, -0.25) is 4.57 Å². The molecule has 10 aromatic rings. The van der Waals surface area contributed by atoms with Crippen LogP contribution in [0.2, 0.25) is 0 Å². The minimum absolute atomic E-state index is 0.585. The van der Waals surface area contributed by atoms with Gasteiger partial charge in [0, 0.05) is 49.8 Å². The second-order valence-electron chi connectivity index (χ2n) is 11.9. The lowest BCUT2D eigenvalue weighted by atomic mass is 10.0. The van der Waals surface area contributed by atoms with Crippen LogP contribution in [0, 0.1) is 0 Å². The Labute approximate surface area is 274 Å². The molecule has 48 heavy (non-hydrogen) atoms. The number of furan rings is 1. The van der Waals surface area contributed by atoms with Crippen molar-refractivity contribution in [2.75, 3.05) is 0 Å². The summed E-state index contributed by atoms with van der Waals surface area (Å²) in [7, 11) is 0. The average Bonchev–Trinajstić information content (AvgIpc) is 3.71. The van der Waals surface area contributed by atoms with Crippen molar-refractivity contribution in [3.8, 4) is 40.0 Å². The SMILES string of the molecule is c1ccc(-c2nc(-c3ccccc3)nc(-c3ccnc(-n4c5ccccc5c5c6c(ccc7c8ccccc8oc76)ccc54)c3)n2)cc1. The Hall–Kier alpha value is -6.66. The molecule has 10 rings (SSSR count). The van der Waals surface area contributed by atoms with E-state index in [0.717, 1.165) is 77.0 Å². The van der Waals surface area contributed by atoms with Crippen LogP contribution in [0.3, 0.4) is 0 Å². The fourth-order valence-electron chi connectivity index (χ4n) is 6.91. The molecule has 0 amide bonds. The fourth-order valence-corrected chi connectivity index (χ4v) is 6.91. The Morgan fingerprint density at radius 3 is 1.83 bits per heavy atom. The zero-order valence-electron chi connectivity index (χ0n) is 25.6. The lowest BCUT2D eigenvalue weighted by molar-refractivity contribution is 0.673. The molecule has 6 aromatic carbocycles. The summed E-state index contributed by atoms with van der Waals surface area (Å²) in [6, 6.07) is 49.5. The molecule has 224 valence electrons. The summed E-state index contributed by atoms with van der Waals surface area (Å²) in [5, 5.41) is 6.73. The summed E-state index contributed by atoms with van der Waals surface area (Å²) in [6.07, 6.45) is 1.83. The lowest BCUT2D eigenvalue weighted by Gasteiger charge is -2.11. The van der Waals surface area contributed by atoms with Crippen LogP contribution >= 0.6 is 0 Å². The van der Waals surface area contributed by atoms with Gasteiger partial charge in [0.15, 0.2) is 17.5 Å². The number of hydrogen-bond donors (Lipinski definition) is 0. The largest absolute Gasteiger partial charge is 0.455 e. The molecule has 0 saturated carbocycles. The van der Waals surface area contributed by atoms with Crippen LogP contribution in [0.15, 0.2) is 156 Å². The molecule has 0 spiro atoms. The van der Waals surface area contributed by atoms with Gasteiger partial charge in [0.05, 0.1) is 11.0 Å². The van der Waals surface area contributed by atoms with Gasteiger partial charge >= 0.3 is 0 Å². The van der Waals surface area contributed by atoms with Gasteiger partial charge < -0.3 is 4.42 Å². The Bertz CT molecular complexity index is 2780. The summed E-state index contributed by atoms with van der Waals surface area (Å²) in [4.78, 5) is 19.7. The van der Waals surface area contributed by atoms with Gasteiger partial charge in [0.25, 0.3) is 0 Å². The topological polar surface area (TPSA) is 69.6 Å². The number of benzene rings is 6. The third kappa shape index (κ3) is 4.06. The normalized spacial score (nSPS) is 11.8. The second kappa shape index (κ2) is 10.4. The first-order chi connectivity index (χ1) is 23.8. The van der Waals surface area contributed by atoms with E-state index in [4.69, 9.17) is 24.4 Å². The van der Waals surface area contributed by atoms with Crippen LogP contribution in [0.1, 0.15) is 0 Å². The van der Waals surface area contributed by atoms with Crippen LogP contribution in [-0.4, -0.2) is 24.5 Å². The maximum atomic E-state index is 6.56. The zero-order chi connectivity index (χ0) is 31.6. The lowest BCUT2D eigenvalue weighted by Crippen LogP contribution is -2.02. The number of aromatic nitrogens is 5. The van der Waals surface area contributed by atoms with E-state index < -0.39 is 0 Å². The van der Waals surface area contributed by atoms with Crippen molar-refractivity contribution in [1.82, 2.24) is 24.5 Å². The summed E-state index contributed by atoms with van der Waals surface area (Å²) in [5.74, 6) is 2.60. The molecule has 0 aliphatic heterocycles. The molecule has 0 bridgehead atoms. The van der Waals surface area contributed by atoms with Crippen molar-refractivity contribution in [3.05, 3.63) is 152 Å². The van der Waals surface area contributed by atoms with Crippen molar-refractivity contribution in [2.45, 2.75) is 0 Å². The van der Waals surface area contributed by atoms with E-state index >= 15 is 0 Å². The molecular formula is C42H25N5O. The number of hydrogen-bond acceptors (Lipinski definition) is 5. The van der Waals surface area contributed by atoms with E-state index in [9.17, 15) is 0 Å². The van der Waals surface area contributed by atoms with E-state index in [-0.39, 0.29) is 0 Å². The van der Waals surface area contributed by atoms with Crippen molar-refractivity contribution in [2.24, 2.45) is 0 Å². The smallest absolute Gasteiger partial charge is 0.164 e. The van der Waals surface area contributed by atoms with Crippen molar-refractivity contribution in [3.63, 3.8) is 0 Å². The standard InChI is InChI=1S/C42H25N5O/c1-3-11-27(12-4-1)40-44-41(28-13-5-2-6-14-28)46-42(45-40)29-23-24-43-36(25-29)47-33-17-9-7-16-32(33)38-34(47)22-20-26-19-21-31-30-15-8-10-18-35(30)48-39(31)37(26)38/h1-25H. The molecule has 0 radical (unpaired) electrons. The Morgan fingerprint density at radius 1 is 0.458 bits per heavy atom. The maximum absolute atomic E-state index is 6.56. The monoisotopic (exact) mass is 615 g/mol.